The lowest BCUT2D eigenvalue weighted by molar-refractivity contribution is 0.0306. The summed E-state index contributed by atoms with van der Waals surface area (Å²) in [6.07, 6.45) is 5.63. The van der Waals surface area contributed by atoms with Crippen molar-refractivity contribution in [2.24, 2.45) is 5.92 Å². The predicted molar refractivity (Wildman–Crippen MR) is 66.9 cm³/mol. The molecular formula is C12H17N5O. The molecule has 3 rings (SSSR count). The number of aromatic nitrogens is 4. The number of nitrogens with two attached hydrogens (primary N) is 1. The highest BCUT2D eigenvalue weighted by Crippen LogP contribution is 2.37. The lowest BCUT2D eigenvalue weighted by Crippen LogP contribution is -2.11. The lowest BCUT2D eigenvalue weighted by atomic mass is 9.99. The van der Waals surface area contributed by atoms with E-state index in [4.69, 9.17) is 10.5 Å². The van der Waals surface area contributed by atoms with Crippen LogP contribution >= 0.6 is 0 Å². The first-order chi connectivity index (χ1) is 8.70. The van der Waals surface area contributed by atoms with Crippen LogP contribution in [0, 0.1) is 5.92 Å². The molecule has 0 radical (unpaired) electrons. The summed E-state index contributed by atoms with van der Waals surface area (Å²) in [6, 6.07) is 0. The van der Waals surface area contributed by atoms with Crippen LogP contribution in [-0.2, 0) is 4.74 Å². The fourth-order valence-electron chi connectivity index (χ4n) is 2.65. The van der Waals surface area contributed by atoms with Gasteiger partial charge in [0.05, 0.1) is 18.0 Å². The number of nitrogens with zero attached hydrogens (tertiary/aromatic N) is 4. The molecule has 2 aromatic heterocycles. The van der Waals surface area contributed by atoms with Crippen molar-refractivity contribution < 1.29 is 4.74 Å². The summed E-state index contributed by atoms with van der Waals surface area (Å²) in [7, 11) is 0. The Hall–Kier alpha value is -1.69. The maximum atomic E-state index is 6.05. The van der Waals surface area contributed by atoms with E-state index < -0.39 is 0 Å². The van der Waals surface area contributed by atoms with Crippen LogP contribution < -0.4 is 5.73 Å². The highest BCUT2D eigenvalue weighted by Gasteiger charge is 2.33. The van der Waals surface area contributed by atoms with Gasteiger partial charge in [-0.15, -0.1) is 0 Å². The molecule has 2 aromatic rings. The van der Waals surface area contributed by atoms with Gasteiger partial charge in [-0.25, -0.2) is 14.5 Å². The van der Waals surface area contributed by atoms with E-state index in [1.807, 2.05) is 0 Å². The van der Waals surface area contributed by atoms with Crippen LogP contribution in [0.2, 0.25) is 0 Å². The van der Waals surface area contributed by atoms with Gasteiger partial charge < -0.3 is 10.5 Å². The van der Waals surface area contributed by atoms with Crippen LogP contribution in [0.1, 0.15) is 38.5 Å². The molecule has 1 aliphatic heterocycles. The number of rotatable bonds is 2. The van der Waals surface area contributed by atoms with Gasteiger partial charge in [-0.2, -0.15) is 5.10 Å². The van der Waals surface area contributed by atoms with Crippen molar-refractivity contribution in [1.29, 1.82) is 0 Å². The molecule has 1 fully saturated rings. The third kappa shape index (κ3) is 1.64. The van der Waals surface area contributed by atoms with E-state index in [-0.39, 0.29) is 6.10 Å². The average Bonchev–Trinajstić information content (AvgIpc) is 2.93. The molecule has 0 bridgehead atoms. The van der Waals surface area contributed by atoms with Gasteiger partial charge in [-0.3, -0.25) is 0 Å². The molecule has 1 saturated heterocycles. The monoisotopic (exact) mass is 247 g/mol. The van der Waals surface area contributed by atoms with Gasteiger partial charge in [0.15, 0.2) is 11.5 Å². The fraction of sp³-hybridized carbons (Fsp3) is 0.583. The largest absolute Gasteiger partial charge is 0.381 e. The van der Waals surface area contributed by atoms with Gasteiger partial charge in [0.1, 0.15) is 12.4 Å². The van der Waals surface area contributed by atoms with E-state index >= 15 is 0 Å². The zero-order valence-electron chi connectivity index (χ0n) is 10.6. The number of hydrogen-bond donors (Lipinski definition) is 1. The summed E-state index contributed by atoms with van der Waals surface area (Å²) in [5, 5.41) is 4.21. The van der Waals surface area contributed by atoms with Gasteiger partial charge in [-0.1, -0.05) is 13.8 Å². The number of ether oxygens (including phenoxy) is 1. The minimum atomic E-state index is 0.0502. The van der Waals surface area contributed by atoms with Crippen molar-refractivity contribution in [2.45, 2.75) is 38.9 Å². The van der Waals surface area contributed by atoms with E-state index in [9.17, 15) is 0 Å². The van der Waals surface area contributed by atoms with Gasteiger partial charge in [0.25, 0.3) is 0 Å². The first-order valence-electron chi connectivity index (χ1n) is 6.30. The first kappa shape index (κ1) is 11.4. The molecule has 0 unspecified atom stereocenters. The Morgan fingerprint density at radius 2 is 2.33 bits per heavy atom. The molecule has 0 spiro atoms. The van der Waals surface area contributed by atoms with Gasteiger partial charge in [0.2, 0.25) is 0 Å². The maximum absolute atomic E-state index is 6.05. The molecule has 0 amide bonds. The van der Waals surface area contributed by atoms with Crippen molar-refractivity contribution >= 4 is 11.5 Å². The molecule has 3 heterocycles. The van der Waals surface area contributed by atoms with Crippen molar-refractivity contribution in [2.75, 3.05) is 5.73 Å². The molecule has 6 heteroatoms. The van der Waals surface area contributed by atoms with E-state index in [0.29, 0.717) is 23.5 Å². The molecule has 0 saturated carbocycles. The molecule has 18 heavy (non-hydrogen) atoms. The maximum Gasteiger partial charge on any atom is 0.196 e. The van der Waals surface area contributed by atoms with E-state index in [2.05, 4.69) is 28.9 Å². The Kier molecular flexibility index (Phi) is 2.66. The Morgan fingerprint density at radius 1 is 1.50 bits per heavy atom. The van der Waals surface area contributed by atoms with Crippen molar-refractivity contribution in [3.63, 3.8) is 0 Å². The molecule has 96 valence electrons. The number of nitrogen functional groups attached to an aromatic ring is 1. The summed E-state index contributed by atoms with van der Waals surface area (Å²) in [6.45, 7) is 4.37. The molecule has 2 N–H and O–H groups in total. The lowest BCUT2D eigenvalue weighted by Gasteiger charge is -2.12. The zero-order valence-corrected chi connectivity index (χ0v) is 10.6. The highest BCUT2D eigenvalue weighted by molar-refractivity contribution is 5.58. The molecule has 0 aromatic carbocycles. The zero-order chi connectivity index (χ0) is 12.7. The summed E-state index contributed by atoms with van der Waals surface area (Å²) in [5.41, 5.74) is 7.33. The summed E-state index contributed by atoms with van der Waals surface area (Å²) in [4.78, 5) is 8.21. The average molecular weight is 247 g/mol. The number of fused-ring (bicyclic) bond motifs is 1. The third-order valence-electron chi connectivity index (χ3n) is 3.65. The van der Waals surface area contributed by atoms with E-state index in [1.165, 1.54) is 6.33 Å². The van der Waals surface area contributed by atoms with E-state index in [1.54, 1.807) is 10.7 Å². The Morgan fingerprint density at radius 3 is 3.06 bits per heavy atom. The smallest absolute Gasteiger partial charge is 0.196 e. The second kappa shape index (κ2) is 4.20. The van der Waals surface area contributed by atoms with Crippen molar-refractivity contribution in [1.82, 2.24) is 19.6 Å². The summed E-state index contributed by atoms with van der Waals surface area (Å²) >= 11 is 0. The van der Waals surface area contributed by atoms with Crippen LogP contribution in [0.15, 0.2) is 12.5 Å². The van der Waals surface area contributed by atoms with Crippen LogP contribution in [0.3, 0.4) is 0 Å². The molecule has 6 nitrogen and oxygen atoms in total. The van der Waals surface area contributed by atoms with Crippen LogP contribution in [0.5, 0.6) is 0 Å². The number of imidazole rings is 1. The molecule has 0 aliphatic carbocycles. The standard InChI is InChI=1S/C12H17N5O/c1-3-9-7(2)4-10(18-9)8-5-14-12-11(13)15-6-16-17(8)12/h5-7,9-10H,3-4H2,1-2H3,(H2,13,15,16)/t7-,9+,10+/m0/s1. The van der Waals surface area contributed by atoms with Gasteiger partial charge >= 0.3 is 0 Å². The van der Waals surface area contributed by atoms with Crippen LogP contribution in [0.4, 0.5) is 5.82 Å². The third-order valence-corrected chi connectivity index (χ3v) is 3.65. The summed E-state index contributed by atoms with van der Waals surface area (Å²) < 4.78 is 7.79. The second-order valence-corrected chi connectivity index (χ2v) is 4.85. The summed E-state index contributed by atoms with van der Waals surface area (Å²) in [5.74, 6) is 0.957. The fourth-order valence-corrected chi connectivity index (χ4v) is 2.65. The first-order valence-corrected chi connectivity index (χ1v) is 6.30. The molecular weight excluding hydrogens is 230 g/mol. The molecule has 3 atom stereocenters. The van der Waals surface area contributed by atoms with Crippen LogP contribution in [-0.4, -0.2) is 25.7 Å². The van der Waals surface area contributed by atoms with E-state index in [0.717, 1.165) is 18.5 Å². The normalized spacial score (nSPS) is 28.0. The number of anilines is 1. The van der Waals surface area contributed by atoms with Crippen LogP contribution in [0.25, 0.3) is 5.65 Å². The topological polar surface area (TPSA) is 78.3 Å². The minimum Gasteiger partial charge on any atom is -0.381 e. The SMILES string of the molecule is CC[C@H]1O[C@@H](c2cnc3c(N)ncnn23)C[C@@H]1C. The Labute approximate surface area is 105 Å². The number of hydrogen-bond acceptors (Lipinski definition) is 5. The minimum absolute atomic E-state index is 0.0502. The van der Waals surface area contributed by atoms with Gasteiger partial charge in [0, 0.05) is 0 Å². The van der Waals surface area contributed by atoms with Crippen molar-refractivity contribution in [3.8, 4) is 0 Å². The van der Waals surface area contributed by atoms with Gasteiger partial charge in [-0.05, 0) is 18.8 Å². The van der Waals surface area contributed by atoms with Crippen molar-refractivity contribution in [3.05, 3.63) is 18.2 Å². The highest BCUT2D eigenvalue weighted by atomic mass is 16.5. The predicted octanol–water partition coefficient (Wildman–Crippen LogP) is 1.58. The quantitative estimate of drug-likeness (QED) is 0.871. The Balaban J connectivity index is 1.99. The second-order valence-electron chi connectivity index (χ2n) is 4.85. The Bertz CT molecular complexity index is 567. The molecule has 1 aliphatic rings.